The molecule has 0 aliphatic rings. The molecular weight excluding hydrogens is 584 g/mol. The van der Waals surface area contributed by atoms with Gasteiger partial charge in [0.2, 0.25) is 14.0 Å². The van der Waals surface area contributed by atoms with Gasteiger partial charge in [0.1, 0.15) is 11.8 Å². The second-order valence-electron chi connectivity index (χ2n) is 13.7. The Hall–Kier alpha value is -2.85. The zero-order valence-electron chi connectivity index (χ0n) is 27.1. The van der Waals surface area contributed by atoms with E-state index in [1.807, 2.05) is 13.0 Å². The molecule has 2 amide bonds. The van der Waals surface area contributed by atoms with Gasteiger partial charge in [0, 0.05) is 11.3 Å². The van der Waals surface area contributed by atoms with Crippen molar-refractivity contribution in [3.8, 4) is 5.75 Å². The summed E-state index contributed by atoms with van der Waals surface area (Å²) in [7, 11) is -4.35. The number of nitrogens with zero attached hydrogens (tertiary/aromatic N) is 1. The van der Waals surface area contributed by atoms with Crippen molar-refractivity contribution in [3.63, 3.8) is 0 Å². The van der Waals surface area contributed by atoms with Crippen LogP contribution in [0, 0.1) is 13.5 Å². The molecule has 0 bridgehead atoms. The molecule has 230 valence electrons. The van der Waals surface area contributed by atoms with Gasteiger partial charge in [-0.2, -0.15) is 0 Å². The third-order valence-electron chi connectivity index (χ3n) is 8.41. The smallest absolute Gasteiger partial charge is 0.269 e. The van der Waals surface area contributed by atoms with E-state index in [1.165, 1.54) is 0 Å². The van der Waals surface area contributed by atoms with E-state index in [2.05, 4.69) is 88.7 Å². The summed E-state index contributed by atoms with van der Waals surface area (Å²) >= 11 is 6.41. The average Bonchev–Trinajstić information content (AvgIpc) is 2.86. The molecule has 0 aromatic heterocycles. The number of carbonyl (C=O) groups is 2. The molecule has 0 saturated heterocycles. The van der Waals surface area contributed by atoms with Crippen molar-refractivity contribution in [3.05, 3.63) is 64.0 Å². The zero-order valence-corrected chi connectivity index (χ0v) is 29.8. The predicted molar refractivity (Wildman–Crippen MR) is 177 cm³/mol. The van der Waals surface area contributed by atoms with Crippen LogP contribution in [0.25, 0.3) is 4.85 Å². The maximum atomic E-state index is 13.6. The first kappa shape index (κ1) is 35.4. The van der Waals surface area contributed by atoms with Crippen LogP contribution in [0.3, 0.4) is 0 Å². The van der Waals surface area contributed by atoms with Crippen molar-refractivity contribution < 1.29 is 18.4 Å². The van der Waals surface area contributed by atoms with E-state index in [1.54, 1.807) is 37.3 Å². The number of amides is 2. The minimum absolute atomic E-state index is 0.00328. The Morgan fingerprint density at radius 2 is 1.55 bits per heavy atom. The molecular formula is C31H47ClN4O4Si2. The van der Waals surface area contributed by atoms with Crippen LogP contribution in [-0.2, 0) is 9.22 Å². The second kappa shape index (κ2) is 13.2. The summed E-state index contributed by atoms with van der Waals surface area (Å²) in [5, 5.41) is 3.50. The Kier molecular flexibility index (Phi) is 11.1. The van der Waals surface area contributed by atoms with Crippen molar-refractivity contribution >= 4 is 51.4 Å². The third kappa shape index (κ3) is 8.60. The van der Waals surface area contributed by atoms with Gasteiger partial charge in [0.15, 0.2) is 8.32 Å². The first-order chi connectivity index (χ1) is 19.1. The number of anilines is 1. The molecule has 2 atom stereocenters. The fourth-order valence-electron chi connectivity index (χ4n) is 3.60. The van der Waals surface area contributed by atoms with E-state index in [9.17, 15) is 9.59 Å². The summed E-state index contributed by atoms with van der Waals surface area (Å²) in [4.78, 5) is 30.1. The number of halogens is 1. The molecule has 1 unspecified atom stereocenters. The number of benzene rings is 2. The molecule has 11 heteroatoms. The third-order valence-corrected chi connectivity index (χ3v) is 17.8. The summed E-state index contributed by atoms with van der Waals surface area (Å²) in [6, 6.07) is 9.41. The van der Waals surface area contributed by atoms with Crippen LogP contribution in [0.15, 0.2) is 36.4 Å². The zero-order chi connectivity index (χ0) is 32.3. The number of nitrogens with one attached hydrogen (secondary N) is 3. The first-order valence-corrected chi connectivity index (χ1v) is 20.3. The number of carbonyl (C=O) groups excluding carboxylic acids is 2. The highest BCUT2D eigenvalue weighted by molar-refractivity contribution is 6.75. The Morgan fingerprint density at radius 1 is 0.952 bits per heavy atom. The highest BCUT2D eigenvalue weighted by Crippen LogP contribution is 2.39. The SMILES string of the molecule is [C-]#[N+]c1ccc(N[C@@H](C(=O)NNC(=O)c2cccc(O[Si](C)(C)C(C)(C)C)c2)C(C)O[Si](C)(C)C(C)(C)C)c(C)c1Cl. The van der Waals surface area contributed by atoms with Crippen molar-refractivity contribution in [2.45, 2.75) is 104 Å². The van der Waals surface area contributed by atoms with E-state index < -0.39 is 40.6 Å². The number of hydrazine groups is 1. The Morgan fingerprint density at radius 3 is 2.10 bits per heavy atom. The molecule has 0 radical (unpaired) electrons. The van der Waals surface area contributed by atoms with Crippen molar-refractivity contribution in [2.24, 2.45) is 0 Å². The summed E-state index contributed by atoms with van der Waals surface area (Å²) < 4.78 is 12.9. The van der Waals surface area contributed by atoms with E-state index in [0.717, 1.165) is 0 Å². The van der Waals surface area contributed by atoms with E-state index in [-0.39, 0.29) is 10.1 Å². The van der Waals surface area contributed by atoms with Crippen molar-refractivity contribution in [1.29, 1.82) is 0 Å². The van der Waals surface area contributed by atoms with Crippen LogP contribution >= 0.6 is 11.6 Å². The maximum absolute atomic E-state index is 13.6. The lowest BCUT2D eigenvalue weighted by Crippen LogP contribution is -2.55. The Labute approximate surface area is 259 Å². The van der Waals surface area contributed by atoms with Gasteiger partial charge >= 0.3 is 0 Å². The number of hydrogen-bond acceptors (Lipinski definition) is 5. The van der Waals surface area contributed by atoms with Crippen LogP contribution in [-0.4, -0.2) is 40.6 Å². The highest BCUT2D eigenvalue weighted by Gasteiger charge is 2.41. The Bertz CT molecular complexity index is 1340. The molecule has 42 heavy (non-hydrogen) atoms. The lowest BCUT2D eigenvalue weighted by molar-refractivity contribution is -0.124. The van der Waals surface area contributed by atoms with Gasteiger partial charge in [-0.25, -0.2) is 4.85 Å². The summed E-state index contributed by atoms with van der Waals surface area (Å²) in [5.41, 5.74) is 7.05. The second-order valence-corrected chi connectivity index (χ2v) is 23.6. The fourth-order valence-corrected chi connectivity index (χ4v) is 6.25. The average molecular weight is 631 g/mol. The van der Waals surface area contributed by atoms with Crippen LogP contribution in [0.1, 0.15) is 64.4 Å². The molecule has 0 aliphatic heterocycles. The Balaban J connectivity index is 2.29. The molecule has 0 saturated carbocycles. The summed E-state index contributed by atoms with van der Waals surface area (Å²) in [5.74, 6) is -0.332. The van der Waals surface area contributed by atoms with Crippen molar-refractivity contribution in [2.75, 3.05) is 5.32 Å². The first-order valence-electron chi connectivity index (χ1n) is 14.1. The molecule has 8 nitrogen and oxygen atoms in total. The highest BCUT2D eigenvalue weighted by atomic mass is 35.5. The van der Waals surface area contributed by atoms with E-state index >= 15 is 0 Å². The molecule has 2 aromatic rings. The minimum atomic E-state index is -2.25. The molecule has 0 spiro atoms. The molecule has 2 rings (SSSR count). The van der Waals surface area contributed by atoms with Gasteiger partial charge < -0.3 is 14.2 Å². The molecule has 0 heterocycles. The number of hydrogen-bond donors (Lipinski definition) is 3. The predicted octanol–water partition coefficient (Wildman–Crippen LogP) is 8.24. The summed E-state index contributed by atoms with van der Waals surface area (Å²) in [6.07, 6.45) is -0.553. The quantitative estimate of drug-likeness (QED) is 0.147. The molecule has 3 N–H and O–H groups in total. The topological polar surface area (TPSA) is 93.1 Å². The van der Waals surface area contributed by atoms with Gasteiger partial charge in [0.05, 0.1) is 17.7 Å². The van der Waals surface area contributed by atoms with Crippen molar-refractivity contribution in [1.82, 2.24) is 10.9 Å². The normalized spacial score (nSPS) is 13.9. The van der Waals surface area contributed by atoms with Gasteiger partial charge in [-0.3, -0.25) is 20.4 Å². The van der Waals surface area contributed by atoms with E-state index in [4.69, 9.17) is 27.0 Å². The fraction of sp³-hybridized carbons (Fsp3) is 0.516. The van der Waals surface area contributed by atoms with Crippen LogP contribution in [0.4, 0.5) is 11.4 Å². The maximum Gasteiger partial charge on any atom is 0.269 e. The summed E-state index contributed by atoms with van der Waals surface area (Å²) in [6.45, 7) is 32.3. The van der Waals surface area contributed by atoms with Gasteiger partial charge in [0.25, 0.3) is 11.8 Å². The monoisotopic (exact) mass is 630 g/mol. The standard InChI is InChI=1S/C31H47ClN4O4Si2/c1-20-24(17-18-25(33-9)26(20)32)34-27(21(2)39-41(10,11)30(3,4)5)29(38)36-35-28(37)22-15-14-16-23(19-22)40-42(12,13)31(6,7)8/h14-19,21,27,34H,1-8,10-13H3,(H,35,37)(H,36,38)/t21?,27-/m1/s1. The molecule has 0 aliphatic carbocycles. The van der Waals surface area contributed by atoms with Crippen LogP contribution in [0.2, 0.25) is 41.3 Å². The van der Waals surface area contributed by atoms with E-state index in [0.29, 0.717) is 33.3 Å². The molecule has 2 aromatic carbocycles. The van der Waals surface area contributed by atoms with Crippen LogP contribution in [0.5, 0.6) is 5.75 Å². The molecule has 0 fully saturated rings. The van der Waals surface area contributed by atoms with Gasteiger partial charge in [-0.15, -0.1) is 0 Å². The largest absolute Gasteiger partial charge is 0.543 e. The number of rotatable bonds is 9. The van der Waals surface area contributed by atoms with Crippen LogP contribution < -0.4 is 20.6 Å². The van der Waals surface area contributed by atoms with Gasteiger partial charge in [-0.1, -0.05) is 65.3 Å². The lowest BCUT2D eigenvalue weighted by atomic mass is 10.1. The minimum Gasteiger partial charge on any atom is -0.543 e. The van der Waals surface area contributed by atoms with Gasteiger partial charge in [-0.05, 0) is 79.9 Å². The lowest BCUT2D eigenvalue weighted by Gasteiger charge is -2.40.